The number of rotatable bonds is 4. The zero-order valence-electron chi connectivity index (χ0n) is 26.4. The molecule has 4 heterocycles. The normalized spacial score (nSPS) is 18.6. The molecule has 13 heteroatoms. The molecule has 4 aliphatic rings. The van der Waals surface area contributed by atoms with Crippen LogP contribution in [0.3, 0.4) is 0 Å². The van der Waals surface area contributed by atoms with Gasteiger partial charge in [-0.1, -0.05) is 38.5 Å². The summed E-state index contributed by atoms with van der Waals surface area (Å²) in [7, 11) is 1.33. The van der Waals surface area contributed by atoms with E-state index < -0.39 is 11.9 Å². The summed E-state index contributed by atoms with van der Waals surface area (Å²) < 4.78 is 16.0. The van der Waals surface area contributed by atoms with Gasteiger partial charge in [0.2, 0.25) is 11.8 Å². The Bertz CT molecular complexity index is 1300. The Morgan fingerprint density at radius 2 is 1.22 bits per heavy atom. The number of pyridine rings is 2. The van der Waals surface area contributed by atoms with Crippen LogP contribution in [-0.2, 0) is 27.4 Å². The molecule has 0 spiro atoms. The van der Waals surface area contributed by atoms with Crippen molar-refractivity contribution >= 4 is 23.7 Å². The number of hydrogen-bond donors (Lipinski definition) is 2. The summed E-state index contributed by atoms with van der Waals surface area (Å²) in [6.45, 7) is 2.69. The van der Waals surface area contributed by atoms with E-state index >= 15 is 0 Å². The van der Waals surface area contributed by atoms with Crippen molar-refractivity contribution in [2.75, 3.05) is 33.4 Å². The smallest absolute Gasteiger partial charge is 0.339 e. The van der Waals surface area contributed by atoms with Gasteiger partial charge in [0.05, 0.1) is 44.4 Å². The zero-order valence-corrected chi connectivity index (χ0v) is 26.4. The molecule has 0 aromatic carbocycles. The van der Waals surface area contributed by atoms with Gasteiger partial charge in [-0.25, -0.2) is 10.3 Å². The summed E-state index contributed by atoms with van der Waals surface area (Å²) in [6.07, 6.45) is 13.7. The Morgan fingerprint density at radius 3 is 1.67 bits per heavy atom. The highest BCUT2D eigenvalue weighted by Crippen LogP contribution is 2.30. The summed E-state index contributed by atoms with van der Waals surface area (Å²) in [5.74, 6) is 0.618. The molecule has 2 aliphatic heterocycles. The second-order valence-electron chi connectivity index (χ2n) is 12.2. The van der Waals surface area contributed by atoms with Crippen LogP contribution in [0.2, 0.25) is 0 Å². The van der Waals surface area contributed by atoms with Crippen molar-refractivity contribution in [3.05, 3.63) is 47.0 Å². The van der Waals surface area contributed by atoms with Crippen LogP contribution in [0.15, 0.2) is 24.5 Å². The molecule has 2 saturated carbocycles. The third kappa shape index (κ3) is 8.11. The first-order valence-electron chi connectivity index (χ1n) is 16.2. The van der Waals surface area contributed by atoms with E-state index in [9.17, 15) is 19.2 Å². The standard InChI is InChI=1S/C17H22N2O4.C16H21N3O4/c1-22-17(21)13-9-15-14(18-10-13)11-19(7-8-23-15)16(20)12-5-3-2-4-6-12;20-15(18-22)12-8-14-13(17-9-12)10-19(6-7-23-14)16(21)11-4-2-1-3-5-11/h9-10,12H,2-8,11H2,1H3;8-9,11,22H,1-7,10H2,(H,18,20). The number of methoxy groups -OCH3 is 1. The molecule has 2 aromatic heterocycles. The topological polar surface area (TPSA) is 160 Å². The van der Waals surface area contributed by atoms with Crippen LogP contribution in [0.5, 0.6) is 11.5 Å². The molecule has 2 N–H and O–H groups in total. The highest BCUT2D eigenvalue weighted by atomic mass is 16.5. The van der Waals surface area contributed by atoms with Crippen LogP contribution in [0.4, 0.5) is 0 Å². The average Bonchev–Trinajstić information content (AvgIpc) is 3.47. The Morgan fingerprint density at radius 1 is 0.761 bits per heavy atom. The lowest BCUT2D eigenvalue weighted by Crippen LogP contribution is -2.38. The Labute approximate surface area is 268 Å². The summed E-state index contributed by atoms with van der Waals surface area (Å²) in [5, 5.41) is 8.69. The first-order valence-corrected chi connectivity index (χ1v) is 16.2. The van der Waals surface area contributed by atoms with Crippen LogP contribution < -0.4 is 15.0 Å². The number of esters is 1. The van der Waals surface area contributed by atoms with E-state index in [4.69, 9.17) is 19.4 Å². The number of carbonyl (C=O) groups is 4. The number of aromatic nitrogens is 2. The molecule has 2 aliphatic carbocycles. The molecule has 3 amide bonds. The minimum Gasteiger partial charge on any atom is -0.490 e. The fourth-order valence-electron chi connectivity index (χ4n) is 6.49. The van der Waals surface area contributed by atoms with Crippen molar-refractivity contribution in [2.45, 2.75) is 77.3 Å². The molecular formula is C33H43N5O8. The van der Waals surface area contributed by atoms with Gasteiger partial charge in [-0.05, 0) is 37.8 Å². The fourth-order valence-corrected chi connectivity index (χ4v) is 6.49. The molecule has 0 saturated heterocycles. The second kappa shape index (κ2) is 15.8. The summed E-state index contributed by atoms with van der Waals surface area (Å²) in [5.41, 5.74) is 3.49. The molecule has 2 aromatic rings. The van der Waals surface area contributed by atoms with Gasteiger partial charge in [0.1, 0.15) is 36.1 Å². The van der Waals surface area contributed by atoms with Crippen molar-refractivity contribution in [3.63, 3.8) is 0 Å². The molecule has 0 bridgehead atoms. The van der Waals surface area contributed by atoms with E-state index in [-0.39, 0.29) is 29.2 Å². The van der Waals surface area contributed by atoms with E-state index in [2.05, 4.69) is 9.97 Å². The van der Waals surface area contributed by atoms with Crippen molar-refractivity contribution in [3.8, 4) is 11.5 Å². The average molecular weight is 638 g/mol. The molecule has 0 atom stereocenters. The van der Waals surface area contributed by atoms with Crippen molar-refractivity contribution in [2.24, 2.45) is 11.8 Å². The number of hydrogen-bond acceptors (Lipinski definition) is 10. The lowest BCUT2D eigenvalue weighted by Gasteiger charge is -2.27. The Kier molecular flexibility index (Phi) is 11.4. The number of fused-ring (bicyclic) bond motifs is 2. The summed E-state index contributed by atoms with van der Waals surface area (Å²) in [4.78, 5) is 60.6. The van der Waals surface area contributed by atoms with Crippen LogP contribution >= 0.6 is 0 Å². The van der Waals surface area contributed by atoms with Gasteiger partial charge in [0.25, 0.3) is 5.91 Å². The molecule has 0 radical (unpaired) electrons. The van der Waals surface area contributed by atoms with Gasteiger partial charge in [-0.2, -0.15) is 0 Å². The van der Waals surface area contributed by atoms with E-state index in [1.165, 1.54) is 32.3 Å². The van der Waals surface area contributed by atoms with Gasteiger partial charge in [0, 0.05) is 24.2 Å². The van der Waals surface area contributed by atoms with E-state index in [0.717, 1.165) is 51.4 Å². The molecule has 2 fully saturated rings. The molecule has 6 rings (SSSR count). The minimum atomic E-state index is -0.636. The van der Waals surface area contributed by atoms with Gasteiger partial charge in [0.15, 0.2) is 0 Å². The minimum absolute atomic E-state index is 0.115. The predicted octanol–water partition coefficient (Wildman–Crippen LogP) is 3.67. The lowest BCUT2D eigenvalue weighted by atomic mass is 9.88. The first-order chi connectivity index (χ1) is 22.4. The van der Waals surface area contributed by atoms with Crippen LogP contribution in [0.1, 0.15) is 96.3 Å². The molecule has 248 valence electrons. The van der Waals surface area contributed by atoms with Gasteiger partial charge in [-0.3, -0.25) is 29.6 Å². The maximum atomic E-state index is 12.7. The Balaban J connectivity index is 0.000000181. The third-order valence-corrected chi connectivity index (χ3v) is 9.10. The zero-order chi connectivity index (χ0) is 32.5. The number of amides is 3. The summed E-state index contributed by atoms with van der Waals surface area (Å²) in [6, 6.07) is 3.19. The number of nitrogens with one attached hydrogen (secondary N) is 1. The van der Waals surface area contributed by atoms with Crippen molar-refractivity contribution in [1.29, 1.82) is 0 Å². The quantitative estimate of drug-likeness (QED) is 0.288. The molecule has 13 nitrogen and oxygen atoms in total. The third-order valence-electron chi connectivity index (χ3n) is 9.10. The SMILES string of the molecule is COC(=O)c1cnc2c(c1)OCCN(C(=O)C1CCCCC1)C2.O=C(NO)c1cnc2c(c1)OCCN(C(=O)C1CCCCC1)C2. The summed E-state index contributed by atoms with van der Waals surface area (Å²) >= 11 is 0. The Hall–Kier alpha value is -4.26. The van der Waals surface area contributed by atoms with E-state index in [1.807, 2.05) is 4.90 Å². The fraction of sp³-hybridized carbons (Fsp3) is 0.576. The van der Waals surface area contributed by atoms with Crippen molar-refractivity contribution < 1.29 is 38.6 Å². The first kappa shape index (κ1) is 33.1. The second-order valence-corrected chi connectivity index (χ2v) is 12.2. The van der Waals surface area contributed by atoms with Crippen molar-refractivity contribution in [1.82, 2.24) is 25.2 Å². The van der Waals surface area contributed by atoms with Crippen LogP contribution in [-0.4, -0.2) is 82.1 Å². The molecule has 46 heavy (non-hydrogen) atoms. The van der Waals surface area contributed by atoms with Gasteiger partial charge < -0.3 is 24.0 Å². The van der Waals surface area contributed by atoms with Crippen LogP contribution in [0, 0.1) is 11.8 Å². The number of hydroxylamine groups is 1. The number of nitrogens with zero attached hydrogens (tertiary/aromatic N) is 4. The van der Waals surface area contributed by atoms with E-state index in [1.54, 1.807) is 22.5 Å². The number of carbonyl (C=O) groups excluding carboxylic acids is 4. The lowest BCUT2D eigenvalue weighted by molar-refractivity contribution is -0.138. The monoisotopic (exact) mass is 637 g/mol. The number of ether oxygens (including phenoxy) is 3. The van der Waals surface area contributed by atoms with Gasteiger partial charge >= 0.3 is 5.97 Å². The maximum absolute atomic E-state index is 12.7. The maximum Gasteiger partial charge on any atom is 0.339 e. The van der Waals surface area contributed by atoms with Crippen LogP contribution in [0.25, 0.3) is 0 Å². The predicted molar refractivity (Wildman–Crippen MR) is 164 cm³/mol. The molecule has 0 unspecified atom stereocenters. The van der Waals surface area contributed by atoms with E-state index in [0.29, 0.717) is 67.8 Å². The highest BCUT2D eigenvalue weighted by Gasteiger charge is 2.30. The van der Waals surface area contributed by atoms with Gasteiger partial charge in [-0.15, -0.1) is 0 Å². The largest absolute Gasteiger partial charge is 0.490 e. The highest BCUT2D eigenvalue weighted by molar-refractivity contribution is 5.93. The molecular weight excluding hydrogens is 594 g/mol.